The second-order valence-corrected chi connectivity index (χ2v) is 6.18. The van der Waals surface area contributed by atoms with E-state index in [1.165, 1.54) is 0 Å². The van der Waals surface area contributed by atoms with Crippen molar-refractivity contribution in [1.29, 1.82) is 0 Å². The number of amides is 1. The highest BCUT2D eigenvalue weighted by atomic mass is 16.5. The largest absolute Gasteiger partial charge is 0.496 e. The van der Waals surface area contributed by atoms with Crippen molar-refractivity contribution in [3.8, 4) is 17.3 Å². The third kappa shape index (κ3) is 2.80. The van der Waals surface area contributed by atoms with E-state index >= 15 is 0 Å². The second kappa shape index (κ2) is 6.12. The van der Waals surface area contributed by atoms with Crippen molar-refractivity contribution in [3.63, 3.8) is 0 Å². The molecule has 4 rings (SSSR count). The Morgan fingerprint density at radius 1 is 1.24 bits per heavy atom. The minimum absolute atomic E-state index is 0.105. The van der Waals surface area contributed by atoms with Crippen LogP contribution in [0.1, 0.15) is 33.4 Å². The number of hydrogen-bond donors (Lipinski definition) is 2. The number of ether oxygens (including phenoxy) is 1. The number of hydrogen-bond acceptors (Lipinski definition) is 4. The van der Waals surface area contributed by atoms with Gasteiger partial charge in [0.2, 0.25) is 0 Å². The molecule has 6 heteroatoms. The summed E-state index contributed by atoms with van der Waals surface area (Å²) in [6, 6.07) is 11.6. The maximum atomic E-state index is 12.4. The number of imidazole rings is 1. The zero-order valence-electron chi connectivity index (χ0n) is 14.1. The fraction of sp³-hybridized carbons (Fsp3) is 0.263. The normalized spacial score (nSPS) is 16.9. The van der Waals surface area contributed by atoms with E-state index in [9.17, 15) is 4.79 Å². The monoisotopic (exact) mass is 337 g/mol. The topological polar surface area (TPSA) is 80.2 Å². The molecule has 1 atom stereocenters. The number of rotatable bonds is 3. The molecular formula is C19H19N3O3. The number of fused-ring (bicyclic) bond motifs is 1. The molecule has 0 fully saturated rings. The van der Waals surface area contributed by atoms with Crippen molar-refractivity contribution in [3.05, 3.63) is 59.1 Å². The van der Waals surface area contributed by atoms with Gasteiger partial charge in [0.1, 0.15) is 17.2 Å². The molecule has 0 bridgehead atoms. The number of methoxy groups -OCH3 is 1. The van der Waals surface area contributed by atoms with Crippen LogP contribution in [0.2, 0.25) is 0 Å². The highest BCUT2D eigenvalue weighted by molar-refractivity contribution is 5.94. The van der Waals surface area contributed by atoms with Gasteiger partial charge in [-0.2, -0.15) is 0 Å². The molecule has 1 amide bonds. The van der Waals surface area contributed by atoms with Crippen molar-refractivity contribution in [2.45, 2.75) is 19.3 Å². The molecule has 0 saturated carbocycles. The number of H-pyrrole nitrogens is 1. The van der Waals surface area contributed by atoms with E-state index in [1.54, 1.807) is 7.11 Å². The Bertz CT molecular complexity index is 926. The third-order valence-electron chi connectivity index (χ3n) is 4.51. The van der Waals surface area contributed by atoms with Crippen LogP contribution >= 0.6 is 0 Å². The Morgan fingerprint density at radius 2 is 2.08 bits per heavy atom. The summed E-state index contributed by atoms with van der Waals surface area (Å²) < 4.78 is 11.1. The molecule has 1 aliphatic rings. The Balaban J connectivity index is 1.71. The van der Waals surface area contributed by atoms with Gasteiger partial charge in [0.15, 0.2) is 11.6 Å². The molecule has 0 spiro atoms. The zero-order chi connectivity index (χ0) is 17.4. The maximum absolute atomic E-state index is 12.4. The number of para-hydroxylation sites is 1. The summed E-state index contributed by atoms with van der Waals surface area (Å²) in [6.45, 7) is 2.42. The van der Waals surface area contributed by atoms with E-state index in [2.05, 4.69) is 15.3 Å². The van der Waals surface area contributed by atoms with Gasteiger partial charge in [0, 0.05) is 18.2 Å². The van der Waals surface area contributed by atoms with Crippen molar-refractivity contribution in [2.24, 2.45) is 0 Å². The van der Waals surface area contributed by atoms with Crippen LogP contribution in [0.5, 0.6) is 5.75 Å². The van der Waals surface area contributed by atoms with E-state index in [1.807, 2.05) is 43.3 Å². The molecule has 0 saturated heterocycles. The summed E-state index contributed by atoms with van der Waals surface area (Å²) in [5.41, 5.74) is 2.32. The van der Waals surface area contributed by atoms with Gasteiger partial charge in [-0.3, -0.25) is 4.79 Å². The Kier molecular flexibility index (Phi) is 3.80. The summed E-state index contributed by atoms with van der Waals surface area (Å²) >= 11 is 0. The van der Waals surface area contributed by atoms with Crippen LogP contribution < -0.4 is 10.1 Å². The van der Waals surface area contributed by atoms with Gasteiger partial charge in [-0.25, -0.2) is 4.98 Å². The molecule has 2 N–H and O–H groups in total. The fourth-order valence-electron chi connectivity index (χ4n) is 3.27. The molecular weight excluding hydrogens is 318 g/mol. The Morgan fingerprint density at radius 3 is 2.84 bits per heavy atom. The highest BCUT2D eigenvalue weighted by Gasteiger charge is 2.28. The van der Waals surface area contributed by atoms with Gasteiger partial charge in [0.05, 0.1) is 7.11 Å². The van der Waals surface area contributed by atoms with Crippen molar-refractivity contribution in [1.82, 2.24) is 15.3 Å². The predicted octanol–water partition coefficient (Wildman–Crippen LogP) is 3.06. The lowest BCUT2D eigenvalue weighted by atomic mass is 9.93. The lowest BCUT2D eigenvalue weighted by Crippen LogP contribution is -2.26. The van der Waals surface area contributed by atoms with Crippen LogP contribution in [0.4, 0.5) is 0 Å². The third-order valence-corrected chi connectivity index (χ3v) is 4.51. The number of benzene rings is 1. The van der Waals surface area contributed by atoms with Crippen molar-refractivity contribution in [2.75, 3.05) is 13.7 Å². The molecule has 6 nitrogen and oxygen atoms in total. The van der Waals surface area contributed by atoms with Crippen LogP contribution in [0.15, 0.2) is 40.8 Å². The summed E-state index contributed by atoms with van der Waals surface area (Å²) in [4.78, 5) is 20.1. The van der Waals surface area contributed by atoms with Crippen molar-refractivity contribution < 1.29 is 13.9 Å². The minimum Gasteiger partial charge on any atom is -0.496 e. The van der Waals surface area contributed by atoms with Crippen LogP contribution in [0.25, 0.3) is 11.6 Å². The van der Waals surface area contributed by atoms with Gasteiger partial charge in [-0.15, -0.1) is 0 Å². The summed E-state index contributed by atoms with van der Waals surface area (Å²) in [7, 11) is 1.66. The molecule has 25 heavy (non-hydrogen) atoms. The number of carbonyl (C=O) groups is 1. The molecule has 0 radical (unpaired) electrons. The van der Waals surface area contributed by atoms with E-state index in [0.717, 1.165) is 22.8 Å². The van der Waals surface area contributed by atoms with Crippen LogP contribution in [-0.2, 0) is 6.42 Å². The van der Waals surface area contributed by atoms with Crippen molar-refractivity contribution >= 4 is 5.91 Å². The Hall–Kier alpha value is -3.02. The number of nitrogens with zero attached hydrogens (tertiary/aromatic N) is 1. The molecule has 2 aromatic heterocycles. The van der Waals surface area contributed by atoms with Gasteiger partial charge in [-0.05, 0) is 37.1 Å². The van der Waals surface area contributed by atoms with Gasteiger partial charge >= 0.3 is 0 Å². The fourth-order valence-corrected chi connectivity index (χ4v) is 3.27. The van der Waals surface area contributed by atoms with Crippen LogP contribution in [0.3, 0.4) is 0 Å². The first-order valence-electron chi connectivity index (χ1n) is 8.22. The Labute approximate surface area is 145 Å². The van der Waals surface area contributed by atoms with Gasteiger partial charge in [0.25, 0.3) is 5.91 Å². The summed E-state index contributed by atoms with van der Waals surface area (Å²) in [6.07, 6.45) is 0.668. The van der Waals surface area contributed by atoms with E-state index in [-0.39, 0.29) is 11.8 Å². The van der Waals surface area contributed by atoms with Gasteiger partial charge < -0.3 is 19.5 Å². The molecule has 0 aliphatic carbocycles. The van der Waals surface area contributed by atoms with E-state index in [4.69, 9.17) is 9.15 Å². The van der Waals surface area contributed by atoms with E-state index < -0.39 is 0 Å². The molecule has 128 valence electrons. The first kappa shape index (κ1) is 15.5. The van der Waals surface area contributed by atoms with Crippen LogP contribution in [0, 0.1) is 6.92 Å². The number of aromatic amines is 1. The first-order valence-corrected chi connectivity index (χ1v) is 8.22. The molecule has 0 unspecified atom stereocenters. The van der Waals surface area contributed by atoms with Crippen LogP contribution in [-0.4, -0.2) is 29.5 Å². The number of carbonyl (C=O) groups excluding carboxylic acids is 1. The molecule has 1 aliphatic heterocycles. The van der Waals surface area contributed by atoms with Gasteiger partial charge in [-0.1, -0.05) is 18.2 Å². The minimum atomic E-state index is -0.168. The second-order valence-electron chi connectivity index (χ2n) is 6.18. The predicted molar refractivity (Wildman–Crippen MR) is 92.8 cm³/mol. The lowest BCUT2D eigenvalue weighted by Gasteiger charge is -2.17. The quantitative estimate of drug-likeness (QED) is 0.770. The number of nitrogens with one attached hydrogen (secondary N) is 2. The average Bonchev–Trinajstić information content (AvgIpc) is 3.21. The molecule has 1 aromatic carbocycles. The lowest BCUT2D eigenvalue weighted by molar-refractivity contribution is 0.0950. The first-order chi connectivity index (χ1) is 12.2. The molecule has 3 aromatic rings. The average molecular weight is 337 g/mol. The summed E-state index contributed by atoms with van der Waals surface area (Å²) in [5.74, 6) is 2.77. The number of aromatic nitrogens is 2. The number of furan rings is 1. The SMILES string of the molecule is COc1ccccc1[C@H]1CNC(=O)c2nc(-c3ccc(C)o3)[nH]c2C1. The highest BCUT2D eigenvalue weighted by Crippen LogP contribution is 2.32. The number of aryl methyl sites for hydroxylation is 1. The summed E-state index contributed by atoms with van der Waals surface area (Å²) in [5, 5.41) is 2.96. The van der Waals surface area contributed by atoms with E-state index in [0.29, 0.717) is 30.2 Å². The standard InChI is InChI=1S/C19H19N3O3/c1-11-7-8-16(25-11)18-21-14-9-12(10-20-19(23)17(14)22-18)13-5-3-4-6-15(13)24-2/h3-8,12H,9-10H2,1-2H3,(H,20,23)(H,21,22)/t12-/m1/s1. The molecule has 3 heterocycles. The maximum Gasteiger partial charge on any atom is 0.271 e. The zero-order valence-corrected chi connectivity index (χ0v) is 14.1. The smallest absolute Gasteiger partial charge is 0.271 e.